The van der Waals surface area contributed by atoms with E-state index in [4.69, 9.17) is 5.11 Å². The van der Waals surface area contributed by atoms with Crippen molar-refractivity contribution < 1.29 is 19.8 Å². The molecule has 1 amide bonds. The minimum absolute atomic E-state index is 0.0790. The van der Waals surface area contributed by atoms with Crippen molar-refractivity contribution in [3.05, 3.63) is 22.5 Å². The number of carbonyl (C=O) groups is 2. The van der Waals surface area contributed by atoms with Crippen LogP contribution in [0.2, 0.25) is 0 Å². The lowest BCUT2D eigenvalue weighted by Crippen LogP contribution is -2.31. The number of fused-ring (bicyclic) bond motifs is 1. The molecule has 1 aromatic heterocycles. The molecule has 0 radical (unpaired) electrons. The number of hydrogen-bond acceptors (Lipinski definition) is 3. The number of carboxylic acid groups (broad SMARTS) is 1. The number of hydrogen-bond donors (Lipinski definition) is 3. The molecule has 1 saturated heterocycles. The molecule has 2 heterocycles. The molecule has 0 aromatic carbocycles. The predicted octanol–water partition coefficient (Wildman–Crippen LogP) is 1.17. The first kappa shape index (κ1) is 14.1. The molecule has 1 saturated carbocycles. The molecule has 2 fully saturated rings. The average molecular weight is 292 g/mol. The van der Waals surface area contributed by atoms with Gasteiger partial charge < -0.3 is 20.1 Å². The molecule has 1 aromatic rings. The molecule has 6 heteroatoms. The van der Waals surface area contributed by atoms with Crippen molar-refractivity contribution in [3.63, 3.8) is 0 Å². The number of H-pyrrole nitrogens is 1. The van der Waals surface area contributed by atoms with E-state index in [2.05, 4.69) is 4.98 Å². The number of nitrogens with zero attached hydrogens (tertiary/aromatic N) is 1. The third-order valence-electron chi connectivity index (χ3n) is 4.97. The number of likely N-dealkylation sites (tertiary alicyclic amines) is 1. The van der Waals surface area contributed by atoms with Crippen molar-refractivity contribution >= 4 is 11.9 Å². The van der Waals surface area contributed by atoms with Crippen LogP contribution in [0.5, 0.6) is 0 Å². The van der Waals surface area contributed by atoms with Gasteiger partial charge in [-0.15, -0.1) is 0 Å². The number of aromatic nitrogens is 1. The second kappa shape index (κ2) is 4.87. The van der Waals surface area contributed by atoms with Gasteiger partial charge in [-0.1, -0.05) is 0 Å². The summed E-state index contributed by atoms with van der Waals surface area (Å²) in [6.45, 7) is 4.61. The van der Waals surface area contributed by atoms with Crippen LogP contribution in [0.3, 0.4) is 0 Å². The molecule has 1 aliphatic carbocycles. The summed E-state index contributed by atoms with van der Waals surface area (Å²) in [5.74, 6) is -0.631. The maximum absolute atomic E-state index is 12.7. The van der Waals surface area contributed by atoms with Crippen LogP contribution in [0, 0.1) is 25.7 Å². The molecular weight excluding hydrogens is 272 g/mol. The fraction of sp³-hybridized carbons (Fsp3) is 0.600. The largest absolute Gasteiger partial charge is 0.477 e. The van der Waals surface area contributed by atoms with Crippen LogP contribution in [-0.2, 0) is 0 Å². The van der Waals surface area contributed by atoms with Crippen molar-refractivity contribution in [2.75, 3.05) is 13.1 Å². The third-order valence-corrected chi connectivity index (χ3v) is 4.97. The van der Waals surface area contributed by atoms with Crippen LogP contribution in [0.15, 0.2) is 0 Å². The van der Waals surface area contributed by atoms with Crippen molar-refractivity contribution in [3.8, 4) is 0 Å². The minimum Gasteiger partial charge on any atom is -0.477 e. The predicted molar refractivity (Wildman–Crippen MR) is 75.4 cm³/mol. The van der Waals surface area contributed by atoms with E-state index in [0.29, 0.717) is 35.8 Å². The number of aliphatic hydroxyl groups excluding tert-OH is 1. The molecule has 2 aliphatic rings. The quantitative estimate of drug-likeness (QED) is 0.763. The molecule has 1 aliphatic heterocycles. The summed E-state index contributed by atoms with van der Waals surface area (Å²) in [6, 6.07) is 0. The Morgan fingerprint density at radius 3 is 2.52 bits per heavy atom. The lowest BCUT2D eigenvalue weighted by atomic mass is 10.00. The molecule has 114 valence electrons. The van der Waals surface area contributed by atoms with E-state index in [9.17, 15) is 14.7 Å². The van der Waals surface area contributed by atoms with Gasteiger partial charge in [-0.3, -0.25) is 4.79 Å². The molecule has 3 N–H and O–H groups in total. The summed E-state index contributed by atoms with van der Waals surface area (Å²) >= 11 is 0. The van der Waals surface area contributed by atoms with E-state index in [1.54, 1.807) is 18.7 Å². The molecule has 3 unspecified atom stereocenters. The fourth-order valence-corrected chi connectivity index (χ4v) is 3.85. The highest BCUT2D eigenvalue weighted by Crippen LogP contribution is 2.38. The van der Waals surface area contributed by atoms with E-state index in [1.807, 2.05) is 0 Å². The van der Waals surface area contributed by atoms with Gasteiger partial charge in [0.25, 0.3) is 5.91 Å². The Morgan fingerprint density at radius 1 is 1.24 bits per heavy atom. The number of aromatic amines is 1. The number of aliphatic hydroxyl groups is 1. The number of carbonyl (C=O) groups excluding carboxylic acids is 1. The number of aromatic carboxylic acids is 1. The fourth-order valence-electron chi connectivity index (χ4n) is 3.85. The van der Waals surface area contributed by atoms with Crippen LogP contribution in [0.1, 0.15) is 44.9 Å². The second-order valence-corrected chi connectivity index (χ2v) is 6.21. The number of aryl methyl sites for hydroxylation is 1. The number of amides is 1. The lowest BCUT2D eigenvalue weighted by molar-refractivity contribution is 0.0690. The molecule has 0 bridgehead atoms. The summed E-state index contributed by atoms with van der Waals surface area (Å²) in [4.78, 5) is 28.4. The Balaban J connectivity index is 1.85. The molecule has 0 spiro atoms. The first-order valence-corrected chi connectivity index (χ1v) is 7.30. The van der Waals surface area contributed by atoms with Gasteiger partial charge in [-0.2, -0.15) is 0 Å². The highest BCUT2D eigenvalue weighted by atomic mass is 16.4. The van der Waals surface area contributed by atoms with Gasteiger partial charge in [0.05, 0.1) is 11.7 Å². The molecule has 6 nitrogen and oxygen atoms in total. The highest BCUT2D eigenvalue weighted by Gasteiger charge is 2.44. The minimum atomic E-state index is -1.05. The standard InChI is InChI=1S/C15H20N2O4/c1-7-12(8(2)16-13(7)15(20)21)14(19)17-5-9-3-4-11(18)10(9)6-17/h9-11,16,18H,3-6H2,1-2H3,(H,20,21). The molecule has 3 rings (SSSR count). The Kier molecular flexibility index (Phi) is 3.28. The smallest absolute Gasteiger partial charge is 0.352 e. The molecular formula is C15H20N2O4. The number of carboxylic acids is 1. The zero-order valence-electron chi connectivity index (χ0n) is 12.2. The Hall–Kier alpha value is -1.82. The lowest BCUT2D eigenvalue weighted by Gasteiger charge is -2.19. The first-order chi connectivity index (χ1) is 9.90. The summed E-state index contributed by atoms with van der Waals surface area (Å²) < 4.78 is 0. The SMILES string of the molecule is Cc1[nH]c(C(=O)O)c(C)c1C(=O)N1CC2CCC(O)C2C1. The van der Waals surface area contributed by atoms with Crippen molar-refractivity contribution in [2.45, 2.75) is 32.8 Å². The zero-order valence-corrected chi connectivity index (χ0v) is 12.2. The van der Waals surface area contributed by atoms with E-state index in [1.165, 1.54) is 0 Å². The molecule has 21 heavy (non-hydrogen) atoms. The van der Waals surface area contributed by atoms with Crippen molar-refractivity contribution in [1.29, 1.82) is 0 Å². The second-order valence-electron chi connectivity index (χ2n) is 6.21. The third kappa shape index (κ3) is 2.14. The van der Waals surface area contributed by atoms with Gasteiger partial charge in [0.2, 0.25) is 0 Å². The summed E-state index contributed by atoms with van der Waals surface area (Å²) in [5, 5.41) is 19.1. The van der Waals surface area contributed by atoms with Crippen LogP contribution in [-0.4, -0.2) is 51.2 Å². The highest BCUT2D eigenvalue weighted by molar-refractivity contribution is 6.01. The van der Waals surface area contributed by atoms with Gasteiger partial charge in [-0.05, 0) is 38.2 Å². The van der Waals surface area contributed by atoms with Crippen LogP contribution in [0.25, 0.3) is 0 Å². The van der Waals surface area contributed by atoms with Crippen LogP contribution in [0.4, 0.5) is 0 Å². The Morgan fingerprint density at radius 2 is 1.95 bits per heavy atom. The van der Waals surface area contributed by atoms with Crippen LogP contribution >= 0.6 is 0 Å². The van der Waals surface area contributed by atoms with E-state index < -0.39 is 5.97 Å². The molecule has 3 atom stereocenters. The van der Waals surface area contributed by atoms with Gasteiger partial charge in [0.15, 0.2) is 0 Å². The van der Waals surface area contributed by atoms with Gasteiger partial charge in [0.1, 0.15) is 5.69 Å². The number of rotatable bonds is 2. The summed E-state index contributed by atoms with van der Waals surface area (Å²) in [6.07, 6.45) is 1.47. The summed E-state index contributed by atoms with van der Waals surface area (Å²) in [7, 11) is 0. The van der Waals surface area contributed by atoms with E-state index in [-0.39, 0.29) is 23.6 Å². The Labute approximate surface area is 122 Å². The maximum Gasteiger partial charge on any atom is 0.352 e. The summed E-state index contributed by atoms with van der Waals surface area (Å²) in [5.41, 5.74) is 1.62. The van der Waals surface area contributed by atoms with E-state index in [0.717, 1.165) is 12.8 Å². The zero-order chi connectivity index (χ0) is 15.3. The normalized spacial score (nSPS) is 28.0. The van der Waals surface area contributed by atoms with Crippen molar-refractivity contribution in [1.82, 2.24) is 9.88 Å². The Bertz CT molecular complexity index is 607. The maximum atomic E-state index is 12.7. The van der Waals surface area contributed by atoms with Gasteiger partial charge in [-0.25, -0.2) is 4.79 Å². The monoisotopic (exact) mass is 292 g/mol. The van der Waals surface area contributed by atoms with Crippen molar-refractivity contribution in [2.24, 2.45) is 11.8 Å². The first-order valence-electron chi connectivity index (χ1n) is 7.30. The van der Waals surface area contributed by atoms with Crippen LogP contribution < -0.4 is 0 Å². The number of nitrogens with one attached hydrogen (secondary N) is 1. The van der Waals surface area contributed by atoms with E-state index >= 15 is 0 Å². The average Bonchev–Trinajstić information content (AvgIpc) is 3.05. The van der Waals surface area contributed by atoms with Gasteiger partial charge >= 0.3 is 5.97 Å². The van der Waals surface area contributed by atoms with Gasteiger partial charge in [0, 0.05) is 24.7 Å². The topological polar surface area (TPSA) is 93.6 Å².